The Labute approximate surface area is 119 Å². The molecule has 1 aromatic rings. The van der Waals surface area contributed by atoms with Gasteiger partial charge >= 0.3 is 5.97 Å². The predicted octanol–water partition coefficient (Wildman–Crippen LogP) is 2.61. The van der Waals surface area contributed by atoms with E-state index in [2.05, 4.69) is 6.07 Å². The molecule has 20 heavy (non-hydrogen) atoms. The van der Waals surface area contributed by atoms with Crippen LogP contribution < -0.4 is 0 Å². The maximum atomic E-state index is 11.9. The highest BCUT2D eigenvalue weighted by atomic mass is 16.4. The van der Waals surface area contributed by atoms with E-state index in [0.717, 1.165) is 16.7 Å². The van der Waals surface area contributed by atoms with Crippen molar-refractivity contribution in [3.63, 3.8) is 0 Å². The van der Waals surface area contributed by atoms with Gasteiger partial charge in [-0.2, -0.15) is 0 Å². The first-order valence-electron chi connectivity index (χ1n) is 6.89. The van der Waals surface area contributed by atoms with E-state index >= 15 is 0 Å². The van der Waals surface area contributed by atoms with Crippen LogP contribution in [-0.2, 0) is 9.59 Å². The van der Waals surface area contributed by atoms with E-state index < -0.39 is 11.9 Å². The molecule has 1 aliphatic heterocycles. The third kappa shape index (κ3) is 2.42. The molecule has 2 rings (SSSR count). The molecule has 1 N–H and O–H groups in total. The lowest BCUT2D eigenvalue weighted by Gasteiger charge is -2.38. The number of carboxylic acids is 1. The van der Waals surface area contributed by atoms with Gasteiger partial charge in [-0.1, -0.05) is 12.1 Å². The standard InChI is InChI=1S/C16H21NO3/c1-9-7-11(3)13(8-10(9)2)15-12(16(19)20)5-6-14(18)17(15)4/h7-8,12,15H,5-6H2,1-4H3,(H,19,20). The summed E-state index contributed by atoms with van der Waals surface area (Å²) in [4.78, 5) is 25.1. The normalized spacial score (nSPS) is 23.0. The number of hydrogen-bond acceptors (Lipinski definition) is 2. The van der Waals surface area contributed by atoms with Crippen LogP contribution >= 0.6 is 0 Å². The Morgan fingerprint density at radius 1 is 1.20 bits per heavy atom. The molecule has 4 nitrogen and oxygen atoms in total. The molecule has 1 fully saturated rings. The number of piperidine rings is 1. The van der Waals surface area contributed by atoms with Gasteiger partial charge in [0.15, 0.2) is 0 Å². The maximum Gasteiger partial charge on any atom is 0.308 e. The quantitative estimate of drug-likeness (QED) is 0.902. The summed E-state index contributed by atoms with van der Waals surface area (Å²) in [5, 5.41) is 9.45. The van der Waals surface area contributed by atoms with Gasteiger partial charge in [-0.05, 0) is 49.4 Å². The Morgan fingerprint density at radius 2 is 1.80 bits per heavy atom. The zero-order valence-electron chi connectivity index (χ0n) is 12.4. The Bertz CT molecular complexity index is 565. The van der Waals surface area contributed by atoms with Crippen molar-refractivity contribution in [3.8, 4) is 0 Å². The van der Waals surface area contributed by atoms with Crippen LogP contribution in [0.4, 0.5) is 0 Å². The summed E-state index contributed by atoms with van der Waals surface area (Å²) in [5.41, 5.74) is 4.31. The fraction of sp³-hybridized carbons (Fsp3) is 0.500. The lowest BCUT2D eigenvalue weighted by Crippen LogP contribution is -2.43. The molecule has 1 heterocycles. The molecule has 2 atom stereocenters. The number of benzene rings is 1. The minimum atomic E-state index is -0.827. The fourth-order valence-electron chi connectivity index (χ4n) is 3.02. The third-order valence-corrected chi connectivity index (χ3v) is 4.38. The van der Waals surface area contributed by atoms with Crippen molar-refractivity contribution >= 4 is 11.9 Å². The van der Waals surface area contributed by atoms with E-state index in [0.29, 0.717) is 12.8 Å². The van der Waals surface area contributed by atoms with Crippen molar-refractivity contribution < 1.29 is 14.7 Å². The van der Waals surface area contributed by atoms with Crippen molar-refractivity contribution in [1.29, 1.82) is 0 Å². The molecule has 0 spiro atoms. The van der Waals surface area contributed by atoms with Crippen LogP contribution in [-0.4, -0.2) is 28.9 Å². The highest BCUT2D eigenvalue weighted by Crippen LogP contribution is 2.38. The van der Waals surface area contributed by atoms with Gasteiger partial charge in [-0.25, -0.2) is 0 Å². The summed E-state index contributed by atoms with van der Waals surface area (Å²) >= 11 is 0. The Morgan fingerprint density at radius 3 is 2.40 bits per heavy atom. The number of carbonyl (C=O) groups excluding carboxylic acids is 1. The zero-order valence-corrected chi connectivity index (χ0v) is 12.4. The molecular weight excluding hydrogens is 254 g/mol. The van der Waals surface area contributed by atoms with Gasteiger partial charge < -0.3 is 10.0 Å². The topological polar surface area (TPSA) is 57.6 Å². The molecule has 0 radical (unpaired) electrons. The second kappa shape index (κ2) is 5.27. The van der Waals surface area contributed by atoms with Crippen LogP contribution in [0.1, 0.15) is 41.1 Å². The van der Waals surface area contributed by atoms with Crippen LogP contribution in [0.15, 0.2) is 12.1 Å². The maximum absolute atomic E-state index is 11.9. The predicted molar refractivity (Wildman–Crippen MR) is 76.5 cm³/mol. The number of rotatable bonds is 2. The van der Waals surface area contributed by atoms with Gasteiger partial charge in [0.25, 0.3) is 0 Å². The molecule has 108 valence electrons. The molecule has 1 saturated heterocycles. The first kappa shape index (κ1) is 14.6. The van der Waals surface area contributed by atoms with Crippen LogP contribution in [0.25, 0.3) is 0 Å². The number of nitrogens with zero attached hydrogens (tertiary/aromatic N) is 1. The average molecular weight is 275 g/mol. The van der Waals surface area contributed by atoms with Gasteiger partial charge in [-0.3, -0.25) is 9.59 Å². The Hall–Kier alpha value is -1.84. The molecule has 2 unspecified atom stereocenters. The summed E-state index contributed by atoms with van der Waals surface area (Å²) in [7, 11) is 1.71. The molecule has 1 amide bonds. The number of carbonyl (C=O) groups is 2. The fourth-order valence-corrected chi connectivity index (χ4v) is 3.02. The molecule has 0 saturated carbocycles. The van der Waals surface area contributed by atoms with Crippen LogP contribution in [0, 0.1) is 26.7 Å². The van der Waals surface area contributed by atoms with Crippen LogP contribution in [0.2, 0.25) is 0 Å². The van der Waals surface area contributed by atoms with E-state index in [1.165, 1.54) is 5.56 Å². The summed E-state index contributed by atoms with van der Waals surface area (Å²) in [5.74, 6) is -1.34. The minimum Gasteiger partial charge on any atom is -0.481 e. The molecule has 4 heteroatoms. The Kier molecular flexibility index (Phi) is 3.84. The average Bonchev–Trinajstić information content (AvgIpc) is 2.37. The van der Waals surface area contributed by atoms with Crippen molar-refractivity contribution in [2.45, 2.75) is 39.7 Å². The van der Waals surface area contributed by atoms with Gasteiger partial charge in [0.05, 0.1) is 12.0 Å². The van der Waals surface area contributed by atoms with E-state index in [1.807, 2.05) is 26.8 Å². The first-order valence-corrected chi connectivity index (χ1v) is 6.89. The third-order valence-electron chi connectivity index (χ3n) is 4.38. The first-order chi connectivity index (χ1) is 9.32. The largest absolute Gasteiger partial charge is 0.481 e. The molecule has 0 bridgehead atoms. The number of amides is 1. The summed E-state index contributed by atoms with van der Waals surface area (Å²) < 4.78 is 0. The van der Waals surface area contributed by atoms with E-state index in [1.54, 1.807) is 11.9 Å². The van der Waals surface area contributed by atoms with Crippen LogP contribution in [0.3, 0.4) is 0 Å². The number of carboxylic acid groups (broad SMARTS) is 1. The monoisotopic (exact) mass is 275 g/mol. The minimum absolute atomic E-state index is 0.0186. The van der Waals surface area contributed by atoms with Gasteiger partial charge in [-0.15, -0.1) is 0 Å². The van der Waals surface area contributed by atoms with E-state index in [4.69, 9.17) is 0 Å². The van der Waals surface area contributed by atoms with Crippen molar-refractivity contribution in [3.05, 3.63) is 34.4 Å². The van der Waals surface area contributed by atoms with Gasteiger partial charge in [0.1, 0.15) is 0 Å². The number of hydrogen-bond donors (Lipinski definition) is 1. The molecule has 1 aromatic carbocycles. The van der Waals surface area contributed by atoms with Crippen molar-refractivity contribution in [1.82, 2.24) is 4.90 Å². The molecule has 0 aliphatic carbocycles. The smallest absolute Gasteiger partial charge is 0.308 e. The highest BCUT2D eigenvalue weighted by molar-refractivity contribution is 5.81. The summed E-state index contributed by atoms with van der Waals surface area (Å²) in [6.07, 6.45) is 0.726. The van der Waals surface area contributed by atoms with E-state index in [-0.39, 0.29) is 11.9 Å². The second-order valence-corrected chi connectivity index (χ2v) is 5.73. The van der Waals surface area contributed by atoms with E-state index in [9.17, 15) is 14.7 Å². The molecule has 1 aliphatic rings. The zero-order chi connectivity index (χ0) is 15.0. The number of aliphatic carboxylic acids is 1. The second-order valence-electron chi connectivity index (χ2n) is 5.73. The van der Waals surface area contributed by atoms with Crippen molar-refractivity contribution in [2.75, 3.05) is 7.05 Å². The Balaban J connectivity index is 2.53. The molecular formula is C16H21NO3. The van der Waals surface area contributed by atoms with Crippen molar-refractivity contribution in [2.24, 2.45) is 5.92 Å². The number of aryl methyl sites for hydroxylation is 3. The number of likely N-dealkylation sites (tertiary alicyclic amines) is 1. The lowest BCUT2D eigenvalue weighted by molar-refractivity contribution is -0.150. The van der Waals surface area contributed by atoms with Gasteiger partial charge in [0.2, 0.25) is 5.91 Å². The summed E-state index contributed by atoms with van der Waals surface area (Å²) in [6, 6.07) is 3.73. The SMILES string of the molecule is Cc1cc(C)c(C2C(C(=O)O)CCC(=O)N2C)cc1C. The van der Waals surface area contributed by atoms with Crippen LogP contribution in [0.5, 0.6) is 0 Å². The highest BCUT2D eigenvalue weighted by Gasteiger charge is 2.39. The van der Waals surface area contributed by atoms with Gasteiger partial charge in [0, 0.05) is 13.5 Å². The molecule has 0 aromatic heterocycles. The lowest BCUT2D eigenvalue weighted by atomic mass is 9.82. The summed E-state index contributed by atoms with van der Waals surface area (Å²) in [6.45, 7) is 6.03.